The number of halogens is 1. The van der Waals surface area contributed by atoms with E-state index < -0.39 is 4.32 Å². The average molecular weight is 319 g/mol. The average Bonchev–Trinajstić information content (AvgIpc) is 3.12. The Kier molecular flexibility index (Phi) is 3.09. The molecular weight excluding hydrogens is 304 g/mol. The Labute approximate surface area is 120 Å². The Morgan fingerprint density at radius 1 is 1.32 bits per heavy atom. The second kappa shape index (κ2) is 4.64. The predicted molar refractivity (Wildman–Crippen MR) is 79.6 cm³/mol. The van der Waals surface area contributed by atoms with Gasteiger partial charge in [-0.15, -0.1) is 0 Å². The molecule has 3 rings (SSSR count). The normalized spacial score (nSPS) is 25.3. The second-order valence-electron chi connectivity index (χ2n) is 4.95. The first-order chi connectivity index (χ1) is 9.15. The third-order valence-corrected chi connectivity index (χ3v) is 4.88. The first kappa shape index (κ1) is 12.7. The molecule has 2 nitrogen and oxygen atoms in total. The van der Waals surface area contributed by atoms with Crippen LogP contribution in [0.5, 0.6) is 0 Å². The standard InChI is InChI=1S/C16H15BrO2/c1-2-19-15(18)16(17)10-14(16)13-8-7-11-5-3-4-6-12(11)9-13/h3-9,14H,2,10H2,1H3/t14-,16-/m1/s1. The number of alkyl halides is 1. The molecule has 0 radical (unpaired) electrons. The highest BCUT2D eigenvalue weighted by atomic mass is 79.9. The van der Waals surface area contributed by atoms with Crippen LogP contribution in [0.1, 0.15) is 24.8 Å². The van der Waals surface area contributed by atoms with Crippen LogP contribution < -0.4 is 0 Å². The van der Waals surface area contributed by atoms with Gasteiger partial charge in [0, 0.05) is 5.92 Å². The number of hydrogen-bond donors (Lipinski definition) is 0. The van der Waals surface area contributed by atoms with Gasteiger partial charge in [-0.05, 0) is 29.7 Å². The van der Waals surface area contributed by atoms with Crippen LogP contribution in [0, 0.1) is 0 Å². The van der Waals surface area contributed by atoms with Gasteiger partial charge in [-0.1, -0.05) is 58.4 Å². The van der Waals surface area contributed by atoms with E-state index in [2.05, 4.69) is 46.3 Å². The van der Waals surface area contributed by atoms with Gasteiger partial charge in [0.15, 0.2) is 0 Å². The fourth-order valence-corrected chi connectivity index (χ4v) is 3.22. The molecule has 0 aliphatic heterocycles. The van der Waals surface area contributed by atoms with E-state index in [1.54, 1.807) is 0 Å². The van der Waals surface area contributed by atoms with Gasteiger partial charge in [-0.3, -0.25) is 4.79 Å². The summed E-state index contributed by atoms with van der Waals surface area (Å²) in [7, 11) is 0. The summed E-state index contributed by atoms with van der Waals surface area (Å²) in [6.07, 6.45) is 0.810. The highest BCUT2D eigenvalue weighted by molar-refractivity contribution is 9.10. The highest BCUT2D eigenvalue weighted by Gasteiger charge is 2.60. The summed E-state index contributed by atoms with van der Waals surface area (Å²) in [5, 5.41) is 2.44. The molecule has 0 amide bonds. The van der Waals surface area contributed by atoms with E-state index in [4.69, 9.17) is 4.74 Å². The quantitative estimate of drug-likeness (QED) is 0.631. The van der Waals surface area contributed by atoms with Gasteiger partial charge in [0.25, 0.3) is 0 Å². The van der Waals surface area contributed by atoms with Crippen LogP contribution in [0.2, 0.25) is 0 Å². The molecule has 0 spiro atoms. The molecule has 3 heteroatoms. The highest BCUT2D eigenvalue weighted by Crippen LogP contribution is 2.58. The minimum absolute atomic E-state index is 0.145. The van der Waals surface area contributed by atoms with Crippen molar-refractivity contribution < 1.29 is 9.53 Å². The summed E-state index contributed by atoms with van der Waals surface area (Å²) in [5.41, 5.74) is 1.20. The summed E-state index contributed by atoms with van der Waals surface area (Å²) in [5.74, 6) is 0.0734. The van der Waals surface area contributed by atoms with E-state index in [0.29, 0.717) is 6.61 Å². The van der Waals surface area contributed by atoms with E-state index in [1.165, 1.54) is 16.3 Å². The second-order valence-corrected chi connectivity index (χ2v) is 6.36. The number of rotatable bonds is 3. The molecule has 19 heavy (non-hydrogen) atoms. The van der Waals surface area contributed by atoms with Gasteiger partial charge < -0.3 is 4.74 Å². The van der Waals surface area contributed by atoms with Crippen molar-refractivity contribution in [3.8, 4) is 0 Å². The van der Waals surface area contributed by atoms with Crippen molar-refractivity contribution in [2.45, 2.75) is 23.6 Å². The minimum atomic E-state index is -0.508. The zero-order chi connectivity index (χ0) is 13.5. The molecule has 1 saturated carbocycles. The van der Waals surface area contributed by atoms with Crippen molar-refractivity contribution in [2.75, 3.05) is 6.61 Å². The third kappa shape index (κ3) is 2.16. The van der Waals surface area contributed by atoms with Gasteiger partial charge in [-0.25, -0.2) is 0 Å². The van der Waals surface area contributed by atoms with Crippen molar-refractivity contribution in [1.29, 1.82) is 0 Å². The van der Waals surface area contributed by atoms with E-state index >= 15 is 0 Å². The molecule has 1 aliphatic carbocycles. The molecule has 2 atom stereocenters. The van der Waals surface area contributed by atoms with Crippen molar-refractivity contribution in [3.05, 3.63) is 48.0 Å². The first-order valence-electron chi connectivity index (χ1n) is 6.50. The van der Waals surface area contributed by atoms with Crippen LogP contribution in [0.15, 0.2) is 42.5 Å². The largest absolute Gasteiger partial charge is 0.465 e. The smallest absolute Gasteiger partial charge is 0.323 e. The molecule has 1 fully saturated rings. The first-order valence-corrected chi connectivity index (χ1v) is 7.29. The maximum absolute atomic E-state index is 11.9. The van der Waals surface area contributed by atoms with Gasteiger partial charge in [0.05, 0.1) is 6.61 Å². The number of carbonyl (C=O) groups is 1. The van der Waals surface area contributed by atoms with Gasteiger partial charge in [0.1, 0.15) is 4.32 Å². The lowest BCUT2D eigenvalue weighted by Crippen LogP contribution is -2.20. The molecule has 0 unspecified atom stereocenters. The lowest BCUT2D eigenvalue weighted by Gasteiger charge is -2.09. The fourth-order valence-electron chi connectivity index (χ4n) is 2.52. The van der Waals surface area contributed by atoms with Crippen LogP contribution in [0.25, 0.3) is 10.8 Å². The van der Waals surface area contributed by atoms with Crippen LogP contribution in [-0.2, 0) is 9.53 Å². The fraction of sp³-hybridized carbons (Fsp3) is 0.312. The number of ether oxygens (including phenoxy) is 1. The van der Waals surface area contributed by atoms with Crippen molar-refractivity contribution in [1.82, 2.24) is 0 Å². The third-order valence-electron chi connectivity index (χ3n) is 3.68. The Hall–Kier alpha value is -1.35. The van der Waals surface area contributed by atoms with Crippen LogP contribution in [-0.4, -0.2) is 16.9 Å². The zero-order valence-corrected chi connectivity index (χ0v) is 12.3. The van der Waals surface area contributed by atoms with Gasteiger partial charge in [-0.2, -0.15) is 0 Å². The van der Waals surface area contributed by atoms with Crippen LogP contribution in [0.3, 0.4) is 0 Å². The summed E-state index contributed by atoms with van der Waals surface area (Å²) < 4.78 is 4.61. The monoisotopic (exact) mass is 318 g/mol. The lowest BCUT2D eigenvalue weighted by atomic mass is 10.0. The Morgan fingerprint density at radius 2 is 2.05 bits per heavy atom. The molecule has 2 aromatic carbocycles. The minimum Gasteiger partial charge on any atom is -0.465 e. The SMILES string of the molecule is CCOC(=O)[C@@]1(Br)C[C@@H]1c1ccc2ccccc2c1. The van der Waals surface area contributed by atoms with Gasteiger partial charge >= 0.3 is 5.97 Å². The molecule has 2 aromatic rings. The Balaban J connectivity index is 1.89. The molecule has 98 valence electrons. The molecule has 0 saturated heterocycles. The van der Waals surface area contributed by atoms with Crippen molar-refractivity contribution in [2.24, 2.45) is 0 Å². The molecule has 1 aliphatic rings. The van der Waals surface area contributed by atoms with Crippen LogP contribution in [0.4, 0.5) is 0 Å². The lowest BCUT2D eigenvalue weighted by molar-refractivity contribution is -0.143. The maximum Gasteiger partial charge on any atom is 0.323 e. The molecule has 0 heterocycles. The summed E-state index contributed by atoms with van der Waals surface area (Å²) >= 11 is 3.55. The summed E-state index contributed by atoms with van der Waals surface area (Å²) in [4.78, 5) is 11.9. The molecule has 0 aromatic heterocycles. The van der Waals surface area contributed by atoms with E-state index in [1.807, 2.05) is 19.1 Å². The maximum atomic E-state index is 11.9. The number of carbonyl (C=O) groups excluding carboxylic acids is 1. The van der Waals surface area contributed by atoms with Crippen LogP contribution >= 0.6 is 15.9 Å². The molecule has 0 bridgehead atoms. The van der Waals surface area contributed by atoms with Crippen molar-refractivity contribution in [3.63, 3.8) is 0 Å². The Morgan fingerprint density at radius 3 is 2.79 bits per heavy atom. The summed E-state index contributed by atoms with van der Waals surface area (Å²) in [6, 6.07) is 14.7. The molecular formula is C16H15BrO2. The zero-order valence-electron chi connectivity index (χ0n) is 10.7. The number of esters is 1. The predicted octanol–water partition coefficient (Wildman–Crippen LogP) is 4.02. The molecule has 0 N–H and O–H groups in total. The van der Waals surface area contributed by atoms with Crippen molar-refractivity contribution >= 4 is 32.7 Å². The van der Waals surface area contributed by atoms with E-state index in [9.17, 15) is 4.79 Å². The summed E-state index contributed by atoms with van der Waals surface area (Å²) in [6.45, 7) is 2.26. The van der Waals surface area contributed by atoms with E-state index in [-0.39, 0.29) is 11.9 Å². The number of fused-ring (bicyclic) bond motifs is 1. The number of hydrogen-bond acceptors (Lipinski definition) is 2. The Bertz CT molecular complexity index is 637. The number of benzene rings is 2. The van der Waals surface area contributed by atoms with E-state index in [0.717, 1.165) is 6.42 Å². The van der Waals surface area contributed by atoms with Gasteiger partial charge in [0.2, 0.25) is 0 Å². The topological polar surface area (TPSA) is 26.3 Å².